The summed E-state index contributed by atoms with van der Waals surface area (Å²) in [5, 5.41) is 6.36. The molecule has 0 saturated heterocycles. The fourth-order valence-corrected chi connectivity index (χ4v) is 2.51. The number of hydrogen-bond acceptors (Lipinski definition) is 5. The molecule has 5 nitrogen and oxygen atoms in total. The van der Waals surface area contributed by atoms with E-state index in [9.17, 15) is 8.78 Å². The molecule has 2 heterocycles. The van der Waals surface area contributed by atoms with Crippen molar-refractivity contribution in [2.75, 3.05) is 10.6 Å². The molecule has 7 heteroatoms. The SMILES string of the molecule is CC(C)(C)Nc1nc(NCc2cc(F)cc(F)c2)cc(-c2ccncc2)n1. The van der Waals surface area contributed by atoms with Crippen LogP contribution in [-0.2, 0) is 6.54 Å². The van der Waals surface area contributed by atoms with E-state index in [1.807, 2.05) is 32.9 Å². The van der Waals surface area contributed by atoms with Crippen molar-refractivity contribution in [2.45, 2.75) is 32.9 Å². The Hall–Kier alpha value is -3.09. The van der Waals surface area contributed by atoms with Crippen molar-refractivity contribution in [3.05, 3.63) is 66.0 Å². The third-order valence-electron chi connectivity index (χ3n) is 3.59. The molecule has 1 aromatic carbocycles. The van der Waals surface area contributed by atoms with Gasteiger partial charge in [0.25, 0.3) is 0 Å². The molecule has 0 aliphatic carbocycles. The van der Waals surface area contributed by atoms with E-state index < -0.39 is 11.6 Å². The van der Waals surface area contributed by atoms with E-state index in [-0.39, 0.29) is 12.1 Å². The fraction of sp³-hybridized carbons (Fsp3) is 0.250. The smallest absolute Gasteiger partial charge is 0.225 e. The van der Waals surface area contributed by atoms with Crippen LogP contribution in [0.2, 0.25) is 0 Å². The molecule has 0 atom stereocenters. The molecule has 0 radical (unpaired) electrons. The number of rotatable bonds is 5. The zero-order valence-electron chi connectivity index (χ0n) is 15.4. The second-order valence-corrected chi connectivity index (χ2v) is 7.20. The van der Waals surface area contributed by atoms with Crippen LogP contribution in [0.25, 0.3) is 11.3 Å². The highest BCUT2D eigenvalue weighted by Crippen LogP contribution is 2.23. The monoisotopic (exact) mass is 369 g/mol. The normalized spacial score (nSPS) is 11.3. The standard InChI is InChI=1S/C20H21F2N5/c1-20(2,3)27-19-25-17(14-4-6-23-7-5-14)11-18(26-19)24-12-13-8-15(21)10-16(22)9-13/h4-11H,12H2,1-3H3,(H2,24,25,26,27). The molecule has 0 fully saturated rings. The van der Waals surface area contributed by atoms with Gasteiger partial charge in [0.05, 0.1) is 5.69 Å². The minimum absolute atomic E-state index is 0.222. The van der Waals surface area contributed by atoms with Crippen LogP contribution < -0.4 is 10.6 Å². The second-order valence-electron chi connectivity index (χ2n) is 7.20. The average Bonchev–Trinajstić information content (AvgIpc) is 2.58. The first-order chi connectivity index (χ1) is 12.8. The van der Waals surface area contributed by atoms with E-state index in [0.717, 1.165) is 11.6 Å². The lowest BCUT2D eigenvalue weighted by atomic mass is 10.1. The van der Waals surface area contributed by atoms with E-state index in [4.69, 9.17) is 0 Å². The molecule has 0 spiro atoms. The molecule has 3 rings (SSSR count). The lowest BCUT2D eigenvalue weighted by molar-refractivity contribution is 0.580. The van der Waals surface area contributed by atoms with Crippen LogP contribution in [0, 0.1) is 11.6 Å². The number of anilines is 2. The summed E-state index contributed by atoms with van der Waals surface area (Å²) in [5.41, 5.74) is 1.87. The van der Waals surface area contributed by atoms with Crippen molar-refractivity contribution in [3.8, 4) is 11.3 Å². The van der Waals surface area contributed by atoms with E-state index in [0.29, 0.717) is 23.0 Å². The molecular formula is C20H21F2N5. The van der Waals surface area contributed by atoms with E-state index in [1.54, 1.807) is 18.5 Å². The third kappa shape index (κ3) is 5.44. The molecule has 0 amide bonds. The molecular weight excluding hydrogens is 348 g/mol. The Morgan fingerprint density at radius 1 is 0.926 bits per heavy atom. The summed E-state index contributed by atoms with van der Waals surface area (Å²) >= 11 is 0. The molecule has 3 aromatic rings. The summed E-state index contributed by atoms with van der Waals surface area (Å²) in [6.45, 7) is 6.27. The van der Waals surface area contributed by atoms with Gasteiger partial charge in [0.15, 0.2) is 0 Å². The van der Waals surface area contributed by atoms with Crippen LogP contribution in [0.4, 0.5) is 20.5 Å². The molecule has 0 unspecified atom stereocenters. The number of benzene rings is 1. The van der Waals surface area contributed by atoms with Crippen molar-refractivity contribution in [1.82, 2.24) is 15.0 Å². The lowest BCUT2D eigenvalue weighted by Gasteiger charge is -2.21. The average molecular weight is 369 g/mol. The van der Waals surface area contributed by atoms with Crippen molar-refractivity contribution in [2.24, 2.45) is 0 Å². The maximum absolute atomic E-state index is 13.4. The van der Waals surface area contributed by atoms with Crippen LogP contribution in [0.5, 0.6) is 0 Å². The summed E-state index contributed by atoms with van der Waals surface area (Å²) in [6.07, 6.45) is 3.38. The van der Waals surface area contributed by atoms with Gasteiger partial charge >= 0.3 is 0 Å². The third-order valence-corrected chi connectivity index (χ3v) is 3.59. The number of nitrogens with one attached hydrogen (secondary N) is 2. The van der Waals surface area contributed by atoms with Crippen LogP contribution in [0.15, 0.2) is 48.8 Å². The summed E-state index contributed by atoms with van der Waals surface area (Å²) in [5.74, 6) is -0.206. The highest BCUT2D eigenvalue weighted by atomic mass is 19.1. The van der Waals surface area contributed by atoms with Gasteiger partial charge in [-0.05, 0) is 50.6 Å². The highest BCUT2D eigenvalue weighted by molar-refractivity contribution is 5.64. The summed E-state index contributed by atoms with van der Waals surface area (Å²) in [7, 11) is 0. The Bertz CT molecular complexity index is 903. The number of nitrogens with zero attached hydrogens (tertiary/aromatic N) is 3. The Balaban J connectivity index is 1.89. The zero-order valence-corrected chi connectivity index (χ0v) is 15.4. The largest absolute Gasteiger partial charge is 0.366 e. The topological polar surface area (TPSA) is 62.7 Å². The van der Waals surface area contributed by atoms with Crippen molar-refractivity contribution >= 4 is 11.8 Å². The molecule has 2 aromatic heterocycles. The van der Waals surface area contributed by atoms with Gasteiger partial charge in [-0.15, -0.1) is 0 Å². The molecule has 0 aliphatic heterocycles. The van der Waals surface area contributed by atoms with Gasteiger partial charge in [-0.3, -0.25) is 4.98 Å². The molecule has 0 saturated carbocycles. The first-order valence-corrected chi connectivity index (χ1v) is 8.55. The zero-order chi connectivity index (χ0) is 19.4. The van der Waals surface area contributed by atoms with E-state index >= 15 is 0 Å². The maximum Gasteiger partial charge on any atom is 0.225 e. The maximum atomic E-state index is 13.4. The van der Waals surface area contributed by atoms with Crippen molar-refractivity contribution in [3.63, 3.8) is 0 Å². The summed E-state index contributed by atoms with van der Waals surface area (Å²) in [4.78, 5) is 13.1. The molecule has 0 bridgehead atoms. The fourth-order valence-electron chi connectivity index (χ4n) is 2.51. The molecule has 140 valence electrons. The van der Waals surface area contributed by atoms with Crippen molar-refractivity contribution in [1.29, 1.82) is 0 Å². The first-order valence-electron chi connectivity index (χ1n) is 8.55. The quantitative estimate of drug-likeness (QED) is 0.686. The van der Waals surface area contributed by atoms with Gasteiger partial charge in [0, 0.05) is 42.2 Å². The summed E-state index contributed by atoms with van der Waals surface area (Å²) in [6, 6.07) is 8.93. The summed E-state index contributed by atoms with van der Waals surface area (Å²) < 4.78 is 26.8. The van der Waals surface area contributed by atoms with Gasteiger partial charge in [-0.2, -0.15) is 4.98 Å². The predicted octanol–water partition coefficient (Wildman–Crippen LogP) is 4.64. The van der Waals surface area contributed by atoms with Gasteiger partial charge in [-0.25, -0.2) is 13.8 Å². The Kier molecular flexibility index (Phi) is 5.30. The van der Waals surface area contributed by atoms with Crippen LogP contribution in [-0.4, -0.2) is 20.5 Å². The minimum atomic E-state index is -0.609. The molecule has 0 aliphatic rings. The highest BCUT2D eigenvalue weighted by Gasteiger charge is 2.14. The van der Waals surface area contributed by atoms with Gasteiger partial charge in [0.1, 0.15) is 17.5 Å². The van der Waals surface area contributed by atoms with Gasteiger partial charge < -0.3 is 10.6 Å². The number of halogens is 2. The van der Waals surface area contributed by atoms with Gasteiger partial charge in [-0.1, -0.05) is 0 Å². The van der Waals surface area contributed by atoms with E-state index in [2.05, 4.69) is 25.6 Å². The van der Waals surface area contributed by atoms with Crippen LogP contribution in [0.1, 0.15) is 26.3 Å². The Morgan fingerprint density at radius 3 is 2.22 bits per heavy atom. The Morgan fingerprint density at radius 2 is 1.59 bits per heavy atom. The van der Waals surface area contributed by atoms with Crippen molar-refractivity contribution < 1.29 is 8.78 Å². The number of hydrogen-bond donors (Lipinski definition) is 2. The Labute approximate surface area is 156 Å². The van der Waals surface area contributed by atoms with Crippen LogP contribution in [0.3, 0.4) is 0 Å². The second kappa shape index (κ2) is 7.65. The van der Waals surface area contributed by atoms with Gasteiger partial charge in [0.2, 0.25) is 5.95 Å². The molecule has 2 N–H and O–H groups in total. The number of pyridine rings is 1. The van der Waals surface area contributed by atoms with Crippen LogP contribution >= 0.6 is 0 Å². The lowest BCUT2D eigenvalue weighted by Crippen LogP contribution is -2.27. The predicted molar refractivity (Wildman–Crippen MR) is 102 cm³/mol. The minimum Gasteiger partial charge on any atom is -0.366 e. The molecule has 27 heavy (non-hydrogen) atoms. The van der Waals surface area contributed by atoms with E-state index in [1.165, 1.54) is 12.1 Å². The number of aromatic nitrogens is 3. The first kappa shape index (κ1) is 18.7.